The minimum absolute atomic E-state index is 0.0391. The molecule has 1 fully saturated rings. The Kier molecular flexibility index (Phi) is 7.26. The van der Waals surface area contributed by atoms with Crippen molar-refractivity contribution in [2.75, 3.05) is 46.1 Å². The average molecular weight is 348 g/mol. The smallest absolute Gasteiger partial charge is 0.417 e. The first kappa shape index (κ1) is 19.0. The van der Waals surface area contributed by atoms with Crippen molar-refractivity contribution < 1.29 is 27.8 Å². The third-order valence-corrected chi connectivity index (χ3v) is 4.03. The molecule has 0 radical (unpaired) electrons. The third kappa shape index (κ3) is 6.26. The van der Waals surface area contributed by atoms with Crippen LogP contribution in [0.4, 0.5) is 13.2 Å². The number of likely N-dealkylation sites (tertiary alicyclic amines) is 1. The van der Waals surface area contributed by atoms with Gasteiger partial charge in [-0.3, -0.25) is 0 Å². The molecule has 8 heteroatoms. The van der Waals surface area contributed by atoms with Gasteiger partial charge in [0.05, 0.1) is 32.0 Å². The van der Waals surface area contributed by atoms with Gasteiger partial charge in [0.2, 0.25) is 5.88 Å². The van der Waals surface area contributed by atoms with Crippen LogP contribution in [-0.4, -0.2) is 61.1 Å². The summed E-state index contributed by atoms with van der Waals surface area (Å²) in [5.41, 5.74) is -0.772. The van der Waals surface area contributed by atoms with Crippen molar-refractivity contribution in [2.24, 2.45) is 5.92 Å². The Labute approximate surface area is 139 Å². The highest BCUT2D eigenvalue weighted by Crippen LogP contribution is 2.29. The van der Waals surface area contributed by atoms with Crippen LogP contribution in [0.1, 0.15) is 18.4 Å². The molecular weight excluding hydrogens is 325 g/mol. The normalized spacial score (nSPS) is 17.2. The fraction of sp³-hybridized carbons (Fsp3) is 0.688. The molecule has 24 heavy (non-hydrogen) atoms. The molecule has 5 nitrogen and oxygen atoms in total. The van der Waals surface area contributed by atoms with E-state index in [-0.39, 0.29) is 12.5 Å². The quantitative estimate of drug-likeness (QED) is 0.730. The summed E-state index contributed by atoms with van der Waals surface area (Å²) in [4.78, 5) is 6.01. The van der Waals surface area contributed by atoms with Crippen LogP contribution in [0.25, 0.3) is 0 Å². The maximum absolute atomic E-state index is 12.5. The molecule has 2 heterocycles. The lowest BCUT2D eigenvalue weighted by molar-refractivity contribution is -0.137. The zero-order chi connectivity index (χ0) is 17.4. The second-order valence-electron chi connectivity index (χ2n) is 5.81. The number of hydrogen-bond acceptors (Lipinski definition) is 5. The number of hydrogen-bond donors (Lipinski definition) is 1. The number of aliphatic hydroxyl groups excluding tert-OH is 1. The lowest BCUT2D eigenvalue weighted by Gasteiger charge is -2.31. The van der Waals surface area contributed by atoms with E-state index in [9.17, 15) is 13.2 Å². The molecule has 1 aliphatic heterocycles. The van der Waals surface area contributed by atoms with Gasteiger partial charge in [0.1, 0.15) is 0 Å². The minimum atomic E-state index is -4.38. The topological polar surface area (TPSA) is 54.8 Å². The van der Waals surface area contributed by atoms with Gasteiger partial charge in [-0.1, -0.05) is 0 Å². The maximum atomic E-state index is 12.5. The lowest BCUT2D eigenvalue weighted by atomic mass is 9.98. The molecule has 0 unspecified atom stereocenters. The summed E-state index contributed by atoms with van der Waals surface area (Å²) in [5.74, 6) is 0.603. The molecule has 136 valence electrons. The van der Waals surface area contributed by atoms with E-state index >= 15 is 0 Å². The van der Waals surface area contributed by atoms with Gasteiger partial charge in [-0.15, -0.1) is 0 Å². The van der Waals surface area contributed by atoms with Crippen molar-refractivity contribution in [3.05, 3.63) is 23.9 Å². The van der Waals surface area contributed by atoms with Gasteiger partial charge in [-0.25, -0.2) is 4.98 Å². The maximum Gasteiger partial charge on any atom is 0.417 e. The molecule has 2 rings (SSSR count). The van der Waals surface area contributed by atoms with Crippen molar-refractivity contribution in [1.82, 2.24) is 9.88 Å². The highest BCUT2D eigenvalue weighted by atomic mass is 19.4. The molecule has 1 saturated heterocycles. The second-order valence-corrected chi connectivity index (χ2v) is 5.81. The zero-order valence-electron chi connectivity index (χ0n) is 13.5. The van der Waals surface area contributed by atoms with E-state index < -0.39 is 11.7 Å². The number of halogens is 3. The number of pyridine rings is 1. The van der Waals surface area contributed by atoms with Gasteiger partial charge in [-0.05, 0) is 37.9 Å². The summed E-state index contributed by atoms with van der Waals surface area (Å²) in [6.45, 7) is 4.20. The molecular formula is C16H23F3N2O3. The summed E-state index contributed by atoms with van der Waals surface area (Å²) in [5, 5.41) is 8.63. The third-order valence-electron chi connectivity index (χ3n) is 4.03. The van der Waals surface area contributed by atoms with Gasteiger partial charge in [0.25, 0.3) is 0 Å². The van der Waals surface area contributed by atoms with Crippen molar-refractivity contribution in [3.63, 3.8) is 0 Å². The molecule has 0 amide bonds. The van der Waals surface area contributed by atoms with Gasteiger partial charge in [0, 0.05) is 18.8 Å². The number of alkyl halides is 3. The molecule has 1 aliphatic rings. The van der Waals surface area contributed by atoms with Crippen molar-refractivity contribution in [3.8, 4) is 5.88 Å². The predicted octanol–water partition coefficient (Wildman–Crippen LogP) is 2.20. The number of aliphatic hydroxyl groups is 1. The van der Waals surface area contributed by atoms with Crippen LogP contribution in [0, 0.1) is 5.92 Å². The molecule has 0 aliphatic carbocycles. The van der Waals surface area contributed by atoms with Crippen LogP contribution < -0.4 is 4.74 Å². The van der Waals surface area contributed by atoms with E-state index in [0.29, 0.717) is 25.7 Å². The van der Waals surface area contributed by atoms with E-state index in [2.05, 4.69) is 9.88 Å². The second kappa shape index (κ2) is 9.19. The molecule has 0 atom stereocenters. The first-order chi connectivity index (χ1) is 11.5. The Morgan fingerprint density at radius 3 is 2.54 bits per heavy atom. The molecule has 1 aromatic heterocycles. The first-order valence-corrected chi connectivity index (χ1v) is 8.06. The number of aromatic nitrogens is 1. The van der Waals surface area contributed by atoms with Crippen LogP contribution in [0.15, 0.2) is 18.3 Å². The molecule has 1 N–H and O–H groups in total. The molecule has 0 spiro atoms. The fourth-order valence-electron chi connectivity index (χ4n) is 2.57. The van der Waals surface area contributed by atoms with Crippen LogP contribution >= 0.6 is 0 Å². The van der Waals surface area contributed by atoms with E-state index in [4.69, 9.17) is 14.6 Å². The highest BCUT2D eigenvalue weighted by Gasteiger charge is 2.30. The van der Waals surface area contributed by atoms with E-state index in [1.807, 2.05) is 0 Å². The summed E-state index contributed by atoms with van der Waals surface area (Å²) in [6.07, 6.45) is -1.63. The molecule has 1 aromatic rings. The van der Waals surface area contributed by atoms with E-state index in [0.717, 1.165) is 44.7 Å². The number of piperidine rings is 1. The van der Waals surface area contributed by atoms with E-state index in [1.165, 1.54) is 6.07 Å². The SMILES string of the molecule is OCCOCCN1CCC(COc2ccc(C(F)(F)F)cn2)CC1. The van der Waals surface area contributed by atoms with Crippen molar-refractivity contribution in [1.29, 1.82) is 0 Å². The Morgan fingerprint density at radius 2 is 1.96 bits per heavy atom. The van der Waals surface area contributed by atoms with E-state index in [1.54, 1.807) is 0 Å². The van der Waals surface area contributed by atoms with Crippen LogP contribution in [-0.2, 0) is 10.9 Å². The summed E-state index contributed by atoms with van der Waals surface area (Å²) in [7, 11) is 0. The lowest BCUT2D eigenvalue weighted by Crippen LogP contribution is -2.37. The van der Waals surface area contributed by atoms with Crippen molar-refractivity contribution >= 4 is 0 Å². The fourth-order valence-corrected chi connectivity index (χ4v) is 2.57. The molecule has 0 aromatic carbocycles. The Morgan fingerprint density at radius 1 is 1.21 bits per heavy atom. The summed E-state index contributed by atoms with van der Waals surface area (Å²) >= 11 is 0. The van der Waals surface area contributed by atoms with Gasteiger partial charge < -0.3 is 19.5 Å². The Bertz CT molecular complexity index is 474. The van der Waals surface area contributed by atoms with Gasteiger partial charge >= 0.3 is 6.18 Å². The first-order valence-electron chi connectivity index (χ1n) is 8.06. The monoisotopic (exact) mass is 348 g/mol. The Hall–Kier alpha value is -1.38. The summed E-state index contributed by atoms with van der Waals surface area (Å²) < 4.78 is 48.1. The van der Waals surface area contributed by atoms with Gasteiger partial charge in [0.15, 0.2) is 0 Å². The number of ether oxygens (including phenoxy) is 2. The average Bonchev–Trinajstić information content (AvgIpc) is 2.57. The predicted molar refractivity (Wildman–Crippen MR) is 81.8 cm³/mol. The standard InChI is InChI=1S/C16H23F3N2O3/c17-16(18,19)14-1-2-15(20-11-14)24-12-13-3-5-21(6-4-13)7-9-23-10-8-22/h1-2,11,13,22H,3-10,12H2. The van der Waals surface area contributed by atoms with Crippen molar-refractivity contribution in [2.45, 2.75) is 19.0 Å². The molecule has 0 saturated carbocycles. The largest absolute Gasteiger partial charge is 0.477 e. The van der Waals surface area contributed by atoms with Crippen LogP contribution in [0.5, 0.6) is 5.88 Å². The Balaban J connectivity index is 1.65. The highest BCUT2D eigenvalue weighted by molar-refractivity contribution is 5.20. The minimum Gasteiger partial charge on any atom is -0.477 e. The van der Waals surface area contributed by atoms with Gasteiger partial charge in [-0.2, -0.15) is 13.2 Å². The molecule has 0 bridgehead atoms. The zero-order valence-corrected chi connectivity index (χ0v) is 13.5. The number of nitrogens with zero attached hydrogens (tertiary/aromatic N) is 2. The summed E-state index contributed by atoms with van der Waals surface area (Å²) in [6, 6.07) is 2.24. The van der Waals surface area contributed by atoms with Crippen LogP contribution in [0.2, 0.25) is 0 Å². The number of rotatable bonds is 8. The van der Waals surface area contributed by atoms with Crippen LogP contribution in [0.3, 0.4) is 0 Å².